The van der Waals surface area contributed by atoms with Crippen molar-refractivity contribution < 1.29 is 9.90 Å². The summed E-state index contributed by atoms with van der Waals surface area (Å²) in [4.78, 5) is 14.9. The summed E-state index contributed by atoms with van der Waals surface area (Å²) in [5.41, 5.74) is 3.27. The number of β-amino-alcohol motifs (C(OH)–C–C–N with tert-alkyl or cyclic N) is 1. The van der Waals surface area contributed by atoms with Gasteiger partial charge < -0.3 is 14.7 Å². The number of carbonyl (C=O) groups is 1. The van der Waals surface area contributed by atoms with Crippen molar-refractivity contribution in [1.82, 2.24) is 4.90 Å². The van der Waals surface area contributed by atoms with Crippen LogP contribution in [0.3, 0.4) is 0 Å². The Balaban J connectivity index is 1.85. The normalized spacial score (nSPS) is 15.1. The molecule has 1 aromatic heterocycles. The van der Waals surface area contributed by atoms with Crippen LogP contribution in [0.5, 0.6) is 0 Å². The molecule has 0 saturated heterocycles. The number of amides is 1. The van der Waals surface area contributed by atoms with Gasteiger partial charge in [-0.2, -0.15) is 0 Å². The van der Waals surface area contributed by atoms with Gasteiger partial charge in [0.25, 0.3) is 0 Å². The lowest BCUT2D eigenvalue weighted by atomic mass is 9.99. The van der Waals surface area contributed by atoms with E-state index in [9.17, 15) is 9.90 Å². The molecule has 144 valence electrons. The van der Waals surface area contributed by atoms with E-state index in [1.54, 1.807) is 30.1 Å². The van der Waals surface area contributed by atoms with Gasteiger partial charge in [0.15, 0.2) is 0 Å². The molecule has 1 amide bonds. The van der Waals surface area contributed by atoms with Crippen LogP contribution in [0.15, 0.2) is 35.8 Å². The first-order valence-corrected chi connectivity index (χ1v) is 11.2. The smallest absolute Gasteiger partial charge is 0.226 e. The molecule has 3 rings (SSSR count). The molecule has 1 aromatic carbocycles. The van der Waals surface area contributed by atoms with E-state index in [-0.39, 0.29) is 5.91 Å². The Labute approximate surface area is 173 Å². The summed E-state index contributed by atoms with van der Waals surface area (Å²) in [6.07, 6.45) is 5.02. The average molecular weight is 423 g/mol. The lowest BCUT2D eigenvalue weighted by molar-refractivity contribution is -0.131. The van der Waals surface area contributed by atoms with E-state index in [2.05, 4.69) is 16.2 Å². The fourth-order valence-electron chi connectivity index (χ4n) is 3.02. The highest BCUT2D eigenvalue weighted by atomic mass is 35.5. The predicted molar refractivity (Wildman–Crippen MR) is 117 cm³/mol. The van der Waals surface area contributed by atoms with Crippen molar-refractivity contribution in [1.29, 1.82) is 0 Å². The van der Waals surface area contributed by atoms with Crippen LogP contribution in [-0.4, -0.2) is 34.3 Å². The van der Waals surface area contributed by atoms with E-state index < -0.39 is 5.60 Å². The Kier molecular flexibility index (Phi) is 6.21. The number of carbonyl (C=O) groups excluding carboxylic acids is 1. The molecule has 1 aliphatic heterocycles. The molecule has 4 nitrogen and oxygen atoms in total. The van der Waals surface area contributed by atoms with Crippen molar-refractivity contribution in [3.8, 4) is 10.4 Å². The molecule has 0 fully saturated rings. The summed E-state index contributed by atoms with van der Waals surface area (Å²) in [6.45, 7) is 3.72. The van der Waals surface area contributed by atoms with Crippen molar-refractivity contribution >= 4 is 52.1 Å². The Morgan fingerprint density at radius 2 is 2.11 bits per heavy atom. The van der Waals surface area contributed by atoms with E-state index >= 15 is 0 Å². The van der Waals surface area contributed by atoms with Gasteiger partial charge in [-0.3, -0.25) is 4.79 Å². The van der Waals surface area contributed by atoms with Crippen LogP contribution in [0.25, 0.3) is 16.0 Å². The predicted octanol–water partition coefficient (Wildman–Crippen LogP) is 5.49. The second kappa shape index (κ2) is 8.27. The van der Waals surface area contributed by atoms with Gasteiger partial charge in [-0.05, 0) is 61.1 Å². The van der Waals surface area contributed by atoms with Crippen LogP contribution in [0.1, 0.15) is 32.3 Å². The SMILES string of the molecule is CSNc1ccc(-c2cc(C3=CN(CC(C)(C)O)C(=O)CC3)cs2)c(Cl)c1. The molecule has 2 N–H and O–H groups in total. The van der Waals surface area contributed by atoms with Gasteiger partial charge in [-0.1, -0.05) is 23.5 Å². The van der Waals surface area contributed by atoms with Crippen molar-refractivity contribution in [2.75, 3.05) is 17.5 Å². The van der Waals surface area contributed by atoms with Gasteiger partial charge in [0, 0.05) is 35.0 Å². The van der Waals surface area contributed by atoms with Crippen molar-refractivity contribution in [3.63, 3.8) is 0 Å². The molecule has 0 aliphatic carbocycles. The molecule has 1 aliphatic rings. The number of nitrogens with one attached hydrogen (secondary N) is 1. The number of nitrogens with zero attached hydrogens (tertiary/aromatic N) is 1. The molecule has 0 spiro atoms. The number of halogens is 1. The summed E-state index contributed by atoms with van der Waals surface area (Å²) in [7, 11) is 0. The molecule has 0 bridgehead atoms. The second-order valence-corrected chi connectivity index (χ2v) is 9.12. The van der Waals surface area contributed by atoms with Gasteiger partial charge in [0.2, 0.25) is 5.91 Å². The van der Waals surface area contributed by atoms with Crippen LogP contribution >= 0.6 is 34.9 Å². The topological polar surface area (TPSA) is 52.6 Å². The number of allylic oxidation sites excluding steroid dienone is 1. The summed E-state index contributed by atoms with van der Waals surface area (Å²) in [5, 5.41) is 12.9. The molecule has 0 radical (unpaired) electrons. The quantitative estimate of drug-likeness (QED) is 0.604. The number of rotatable bonds is 6. The summed E-state index contributed by atoms with van der Waals surface area (Å²) >= 11 is 9.64. The van der Waals surface area contributed by atoms with E-state index in [0.717, 1.165) is 27.3 Å². The molecular weight excluding hydrogens is 400 g/mol. The average Bonchev–Trinajstić information content (AvgIpc) is 3.06. The monoisotopic (exact) mass is 422 g/mol. The molecule has 27 heavy (non-hydrogen) atoms. The van der Waals surface area contributed by atoms with Crippen LogP contribution in [0.4, 0.5) is 5.69 Å². The summed E-state index contributed by atoms with van der Waals surface area (Å²) < 4.78 is 3.18. The van der Waals surface area contributed by atoms with Crippen molar-refractivity contribution in [2.24, 2.45) is 0 Å². The highest BCUT2D eigenvalue weighted by molar-refractivity contribution is 7.99. The highest BCUT2D eigenvalue weighted by Crippen LogP contribution is 2.38. The Morgan fingerprint density at radius 3 is 2.78 bits per heavy atom. The number of aliphatic hydroxyl groups is 1. The van der Waals surface area contributed by atoms with Gasteiger partial charge in [0.1, 0.15) is 0 Å². The van der Waals surface area contributed by atoms with Crippen LogP contribution < -0.4 is 4.72 Å². The maximum absolute atomic E-state index is 12.2. The summed E-state index contributed by atoms with van der Waals surface area (Å²) in [6, 6.07) is 8.09. The first-order valence-electron chi connectivity index (χ1n) is 8.67. The third-order valence-corrected chi connectivity index (χ3v) is 5.94. The third kappa shape index (κ3) is 5.08. The zero-order valence-electron chi connectivity index (χ0n) is 15.6. The fraction of sp³-hybridized carbons (Fsp3) is 0.350. The Bertz CT molecular complexity index is 871. The number of thiophene rings is 1. The Morgan fingerprint density at radius 1 is 1.33 bits per heavy atom. The number of benzene rings is 1. The lowest BCUT2D eigenvalue weighted by Crippen LogP contribution is -2.40. The Hall–Kier alpha value is -1.47. The van der Waals surface area contributed by atoms with E-state index in [1.807, 2.05) is 30.7 Å². The first-order chi connectivity index (χ1) is 12.8. The maximum Gasteiger partial charge on any atom is 0.226 e. The first kappa shape index (κ1) is 20.3. The molecule has 0 saturated carbocycles. The number of hydrogen-bond acceptors (Lipinski definition) is 5. The van der Waals surface area contributed by atoms with E-state index in [1.165, 1.54) is 11.9 Å². The lowest BCUT2D eigenvalue weighted by Gasteiger charge is -2.30. The molecule has 0 atom stereocenters. The van der Waals surface area contributed by atoms with Gasteiger partial charge in [-0.15, -0.1) is 11.3 Å². The minimum atomic E-state index is -0.922. The van der Waals surface area contributed by atoms with Gasteiger partial charge in [0.05, 0.1) is 17.2 Å². The molecule has 0 unspecified atom stereocenters. The van der Waals surface area contributed by atoms with Crippen LogP contribution in [-0.2, 0) is 4.79 Å². The fourth-order valence-corrected chi connectivity index (χ4v) is 4.70. The number of hydrogen-bond donors (Lipinski definition) is 2. The molecule has 7 heteroatoms. The zero-order valence-corrected chi connectivity index (χ0v) is 18.0. The van der Waals surface area contributed by atoms with Crippen molar-refractivity contribution in [3.05, 3.63) is 46.4 Å². The third-order valence-electron chi connectivity index (χ3n) is 4.22. The van der Waals surface area contributed by atoms with Crippen LogP contribution in [0.2, 0.25) is 5.02 Å². The van der Waals surface area contributed by atoms with Gasteiger partial charge in [-0.25, -0.2) is 0 Å². The minimum Gasteiger partial charge on any atom is -0.389 e. The standard InChI is InChI=1S/C20H23ClN2O2S2/c1-20(2,25)12-23-10-13(4-7-19(23)24)14-8-18(27-11-14)16-6-5-15(22-26-3)9-17(16)21/h5-6,8-11,22,25H,4,7,12H2,1-3H3. The maximum atomic E-state index is 12.2. The van der Waals surface area contributed by atoms with E-state index in [0.29, 0.717) is 24.4 Å². The van der Waals surface area contributed by atoms with E-state index in [4.69, 9.17) is 11.6 Å². The highest BCUT2D eigenvalue weighted by Gasteiger charge is 2.25. The number of anilines is 1. The van der Waals surface area contributed by atoms with Gasteiger partial charge >= 0.3 is 0 Å². The second-order valence-electron chi connectivity index (χ2n) is 7.19. The molecule has 2 heterocycles. The minimum absolute atomic E-state index is 0.0521. The zero-order chi connectivity index (χ0) is 19.6. The summed E-state index contributed by atoms with van der Waals surface area (Å²) in [5.74, 6) is 0.0521. The van der Waals surface area contributed by atoms with Crippen LogP contribution in [0, 0.1) is 0 Å². The largest absolute Gasteiger partial charge is 0.389 e. The molecule has 2 aromatic rings. The van der Waals surface area contributed by atoms with Crippen molar-refractivity contribution in [2.45, 2.75) is 32.3 Å². The molecular formula is C20H23ClN2O2S2.